The Bertz CT molecular complexity index is 426. The van der Waals surface area contributed by atoms with Gasteiger partial charge in [0.25, 0.3) is 0 Å². The molecular weight excluding hydrogens is 214 g/mol. The zero-order valence-corrected chi connectivity index (χ0v) is 10.4. The van der Waals surface area contributed by atoms with E-state index in [0.29, 0.717) is 18.9 Å². The largest absolute Gasteiger partial charge is 0.493 e. The molecule has 2 N–H and O–H groups in total. The molecule has 1 aliphatic heterocycles. The zero-order chi connectivity index (χ0) is 12.4. The van der Waals surface area contributed by atoms with E-state index in [9.17, 15) is 4.79 Å². The van der Waals surface area contributed by atoms with Crippen LogP contribution in [0.4, 0.5) is 0 Å². The van der Waals surface area contributed by atoms with Crippen LogP contribution in [0.2, 0.25) is 0 Å². The fraction of sp³-hybridized carbons (Fsp3) is 0.500. The lowest BCUT2D eigenvalue weighted by atomic mass is 9.86. The van der Waals surface area contributed by atoms with Crippen molar-refractivity contribution in [1.29, 1.82) is 0 Å². The lowest BCUT2D eigenvalue weighted by Crippen LogP contribution is -2.21. The van der Waals surface area contributed by atoms with Crippen LogP contribution < -0.4 is 10.5 Å². The average Bonchev–Trinajstić information content (AvgIpc) is 2.28. The Morgan fingerprint density at radius 2 is 2.29 bits per heavy atom. The Morgan fingerprint density at radius 3 is 2.94 bits per heavy atom. The highest BCUT2D eigenvalue weighted by Gasteiger charge is 2.25. The van der Waals surface area contributed by atoms with Crippen LogP contribution in [-0.2, 0) is 4.79 Å². The minimum atomic E-state index is -0.238. The highest BCUT2D eigenvalue weighted by molar-refractivity contribution is 5.75. The van der Waals surface area contributed by atoms with E-state index >= 15 is 0 Å². The van der Waals surface area contributed by atoms with Crippen LogP contribution in [0, 0.1) is 0 Å². The summed E-state index contributed by atoms with van der Waals surface area (Å²) in [6.45, 7) is 4.97. The molecule has 0 aliphatic carbocycles. The number of carbonyl (C=O) groups is 1. The van der Waals surface area contributed by atoms with Crippen LogP contribution in [0.1, 0.15) is 49.7 Å². The van der Waals surface area contributed by atoms with Gasteiger partial charge in [0.05, 0.1) is 6.61 Å². The second-order valence-corrected chi connectivity index (χ2v) is 4.92. The first-order valence-corrected chi connectivity index (χ1v) is 6.13. The highest BCUT2D eigenvalue weighted by Crippen LogP contribution is 2.40. The molecule has 2 rings (SSSR count). The normalized spacial score (nSPS) is 18.6. The van der Waals surface area contributed by atoms with Crippen molar-refractivity contribution in [3.8, 4) is 5.75 Å². The van der Waals surface area contributed by atoms with Gasteiger partial charge < -0.3 is 10.5 Å². The standard InChI is InChI=1S/C14H19NO2/c1-9(2)11-4-3-5-12-10(8-13(15)16)6-7-17-14(11)12/h3-5,9-10H,6-8H2,1-2H3,(H2,15,16). The molecule has 1 atom stereocenters. The third-order valence-corrected chi connectivity index (χ3v) is 3.30. The predicted molar refractivity (Wildman–Crippen MR) is 67.2 cm³/mol. The first-order chi connectivity index (χ1) is 8.09. The van der Waals surface area contributed by atoms with Gasteiger partial charge in [-0.1, -0.05) is 32.0 Å². The predicted octanol–water partition coefficient (Wildman–Crippen LogP) is 2.55. The fourth-order valence-electron chi connectivity index (χ4n) is 2.43. The van der Waals surface area contributed by atoms with Gasteiger partial charge in [-0.05, 0) is 29.4 Å². The maximum atomic E-state index is 11.1. The molecule has 0 saturated heterocycles. The number of rotatable bonds is 3. The van der Waals surface area contributed by atoms with Gasteiger partial charge in [-0.3, -0.25) is 4.79 Å². The molecular formula is C14H19NO2. The van der Waals surface area contributed by atoms with Crippen LogP contribution >= 0.6 is 0 Å². The maximum Gasteiger partial charge on any atom is 0.218 e. The number of primary amides is 1. The molecule has 17 heavy (non-hydrogen) atoms. The monoisotopic (exact) mass is 233 g/mol. The summed E-state index contributed by atoms with van der Waals surface area (Å²) in [5, 5.41) is 0. The quantitative estimate of drug-likeness (QED) is 0.872. The molecule has 3 heteroatoms. The Morgan fingerprint density at radius 1 is 1.53 bits per heavy atom. The first-order valence-electron chi connectivity index (χ1n) is 6.13. The van der Waals surface area contributed by atoms with E-state index in [1.807, 2.05) is 12.1 Å². The Balaban J connectivity index is 2.38. The third kappa shape index (κ3) is 2.43. The van der Waals surface area contributed by atoms with Crippen LogP contribution in [-0.4, -0.2) is 12.5 Å². The molecule has 0 aromatic heterocycles. The van der Waals surface area contributed by atoms with Crippen molar-refractivity contribution in [1.82, 2.24) is 0 Å². The second-order valence-electron chi connectivity index (χ2n) is 4.92. The van der Waals surface area contributed by atoms with Crippen molar-refractivity contribution >= 4 is 5.91 Å². The number of carbonyl (C=O) groups excluding carboxylic acids is 1. The van der Waals surface area contributed by atoms with Crippen molar-refractivity contribution in [2.75, 3.05) is 6.61 Å². The first kappa shape index (κ1) is 12.0. The molecule has 1 unspecified atom stereocenters. The molecule has 0 radical (unpaired) electrons. The topological polar surface area (TPSA) is 52.3 Å². The van der Waals surface area contributed by atoms with Crippen molar-refractivity contribution in [3.63, 3.8) is 0 Å². The summed E-state index contributed by atoms with van der Waals surface area (Å²) in [5.74, 6) is 1.38. The van der Waals surface area contributed by atoms with Gasteiger partial charge in [-0.2, -0.15) is 0 Å². The number of ether oxygens (including phenoxy) is 1. The zero-order valence-electron chi connectivity index (χ0n) is 10.4. The van der Waals surface area contributed by atoms with Gasteiger partial charge in [0, 0.05) is 6.42 Å². The lowest BCUT2D eigenvalue weighted by molar-refractivity contribution is -0.118. The summed E-state index contributed by atoms with van der Waals surface area (Å²) in [4.78, 5) is 11.1. The summed E-state index contributed by atoms with van der Waals surface area (Å²) in [7, 11) is 0. The molecule has 0 saturated carbocycles. The summed E-state index contributed by atoms with van der Waals surface area (Å²) >= 11 is 0. The molecule has 1 aromatic carbocycles. The second kappa shape index (κ2) is 4.78. The van der Waals surface area contributed by atoms with E-state index in [1.54, 1.807) is 0 Å². The average molecular weight is 233 g/mol. The maximum absolute atomic E-state index is 11.1. The van der Waals surface area contributed by atoms with Crippen molar-refractivity contribution in [3.05, 3.63) is 29.3 Å². The van der Waals surface area contributed by atoms with E-state index in [-0.39, 0.29) is 11.8 Å². The van der Waals surface area contributed by atoms with Crippen LogP contribution in [0.3, 0.4) is 0 Å². The van der Waals surface area contributed by atoms with Crippen LogP contribution in [0.5, 0.6) is 5.75 Å². The molecule has 0 fully saturated rings. The molecule has 1 amide bonds. The Kier molecular flexibility index (Phi) is 3.36. The summed E-state index contributed by atoms with van der Waals surface area (Å²) in [5.41, 5.74) is 7.66. The lowest BCUT2D eigenvalue weighted by Gasteiger charge is -2.28. The van der Waals surface area contributed by atoms with Crippen molar-refractivity contribution < 1.29 is 9.53 Å². The molecule has 3 nitrogen and oxygen atoms in total. The van der Waals surface area contributed by atoms with Gasteiger partial charge in [0.2, 0.25) is 5.91 Å². The molecule has 0 bridgehead atoms. The van der Waals surface area contributed by atoms with Crippen molar-refractivity contribution in [2.45, 2.75) is 38.5 Å². The molecule has 1 heterocycles. The van der Waals surface area contributed by atoms with Crippen molar-refractivity contribution in [2.24, 2.45) is 5.73 Å². The molecule has 92 valence electrons. The SMILES string of the molecule is CC(C)c1cccc2c1OCCC2CC(N)=O. The van der Waals surface area contributed by atoms with E-state index in [2.05, 4.69) is 19.9 Å². The van der Waals surface area contributed by atoms with Gasteiger partial charge in [0.1, 0.15) is 5.75 Å². The summed E-state index contributed by atoms with van der Waals surface area (Å²) in [6, 6.07) is 6.18. The van der Waals surface area contributed by atoms with Gasteiger partial charge in [-0.15, -0.1) is 0 Å². The highest BCUT2D eigenvalue weighted by atomic mass is 16.5. The van der Waals surface area contributed by atoms with Gasteiger partial charge in [0.15, 0.2) is 0 Å². The number of fused-ring (bicyclic) bond motifs is 1. The Hall–Kier alpha value is -1.51. The fourth-order valence-corrected chi connectivity index (χ4v) is 2.43. The molecule has 1 aromatic rings. The third-order valence-electron chi connectivity index (χ3n) is 3.30. The van der Waals surface area contributed by atoms with Crippen LogP contribution in [0.15, 0.2) is 18.2 Å². The number of hydrogen-bond donors (Lipinski definition) is 1. The Labute approximate surface area is 102 Å². The molecule has 0 spiro atoms. The minimum Gasteiger partial charge on any atom is -0.493 e. The van der Waals surface area contributed by atoms with E-state index in [1.165, 1.54) is 5.56 Å². The number of nitrogens with two attached hydrogens (primary N) is 1. The number of benzene rings is 1. The number of para-hydroxylation sites is 1. The molecule has 1 aliphatic rings. The number of amides is 1. The van der Waals surface area contributed by atoms with E-state index in [4.69, 9.17) is 10.5 Å². The summed E-state index contributed by atoms with van der Waals surface area (Å²) in [6.07, 6.45) is 1.29. The summed E-state index contributed by atoms with van der Waals surface area (Å²) < 4.78 is 5.78. The van der Waals surface area contributed by atoms with Gasteiger partial charge >= 0.3 is 0 Å². The minimum absolute atomic E-state index is 0.218. The van der Waals surface area contributed by atoms with Gasteiger partial charge in [-0.25, -0.2) is 0 Å². The number of hydrogen-bond acceptors (Lipinski definition) is 2. The van der Waals surface area contributed by atoms with Crippen LogP contribution in [0.25, 0.3) is 0 Å². The van der Waals surface area contributed by atoms with E-state index in [0.717, 1.165) is 17.7 Å². The van der Waals surface area contributed by atoms with E-state index < -0.39 is 0 Å². The smallest absolute Gasteiger partial charge is 0.218 e.